The van der Waals surface area contributed by atoms with Crippen LogP contribution in [0.15, 0.2) is 45.8 Å². The van der Waals surface area contributed by atoms with Crippen LogP contribution < -0.4 is 5.56 Å². The van der Waals surface area contributed by atoms with E-state index >= 15 is 0 Å². The highest BCUT2D eigenvalue weighted by atomic mass is 79.9. The van der Waals surface area contributed by atoms with Gasteiger partial charge in [0.25, 0.3) is 5.56 Å². The van der Waals surface area contributed by atoms with Crippen molar-refractivity contribution in [3.8, 4) is 0 Å². The molecule has 0 bridgehead atoms. The summed E-state index contributed by atoms with van der Waals surface area (Å²) in [6, 6.07) is 9.35. The molecule has 17 heavy (non-hydrogen) atoms. The third kappa shape index (κ3) is 2.79. The number of benzene rings is 1. The van der Waals surface area contributed by atoms with Crippen LogP contribution in [0.5, 0.6) is 0 Å². The third-order valence-corrected chi connectivity index (χ3v) is 3.41. The molecular weight excluding hydrogens is 302 g/mol. The van der Waals surface area contributed by atoms with Crippen LogP contribution in [0.25, 0.3) is 0 Å². The lowest BCUT2D eigenvalue weighted by Gasteiger charge is -2.09. The second-order valence-electron chi connectivity index (χ2n) is 3.89. The Morgan fingerprint density at radius 1 is 1.35 bits per heavy atom. The quantitative estimate of drug-likeness (QED) is 0.830. The van der Waals surface area contributed by atoms with Crippen molar-refractivity contribution in [2.45, 2.75) is 13.5 Å². The second-order valence-corrected chi connectivity index (χ2v) is 5.15. The first-order valence-corrected chi connectivity index (χ1v) is 6.35. The van der Waals surface area contributed by atoms with Crippen molar-refractivity contribution < 1.29 is 0 Å². The number of halogens is 2. The highest BCUT2D eigenvalue weighted by Gasteiger charge is 2.05. The lowest BCUT2D eigenvalue weighted by Crippen LogP contribution is -2.21. The van der Waals surface area contributed by atoms with E-state index in [1.54, 1.807) is 4.57 Å². The van der Waals surface area contributed by atoms with E-state index in [0.29, 0.717) is 16.0 Å². The Hall–Kier alpha value is -1.06. The maximum Gasteiger partial charge on any atom is 0.265 e. The average Bonchev–Trinajstić information content (AvgIpc) is 2.28. The van der Waals surface area contributed by atoms with Crippen molar-refractivity contribution in [3.05, 3.63) is 67.5 Å². The number of pyridine rings is 1. The minimum atomic E-state index is -0.0458. The van der Waals surface area contributed by atoms with Crippen molar-refractivity contribution in [3.63, 3.8) is 0 Å². The van der Waals surface area contributed by atoms with Gasteiger partial charge in [-0.05, 0) is 46.1 Å². The van der Waals surface area contributed by atoms with E-state index in [0.717, 1.165) is 11.1 Å². The molecule has 4 heteroatoms. The number of hydrogen-bond acceptors (Lipinski definition) is 1. The summed E-state index contributed by atoms with van der Waals surface area (Å²) < 4.78 is 2.23. The number of aryl methyl sites for hydroxylation is 1. The molecule has 0 N–H and O–H groups in total. The van der Waals surface area contributed by atoms with Gasteiger partial charge in [0.05, 0.1) is 11.0 Å². The van der Waals surface area contributed by atoms with Crippen molar-refractivity contribution >= 4 is 27.5 Å². The Morgan fingerprint density at radius 3 is 2.76 bits per heavy atom. The summed E-state index contributed by atoms with van der Waals surface area (Å²) >= 11 is 9.34. The fraction of sp³-hybridized carbons (Fsp3) is 0.154. The monoisotopic (exact) mass is 311 g/mol. The van der Waals surface area contributed by atoms with E-state index in [4.69, 9.17) is 11.6 Å². The predicted octanol–water partition coefficient (Wildman–Crippen LogP) is 3.62. The molecule has 0 fully saturated rings. The normalized spacial score (nSPS) is 10.5. The summed E-state index contributed by atoms with van der Waals surface area (Å²) in [7, 11) is 0. The Labute approximate surface area is 113 Å². The highest BCUT2D eigenvalue weighted by molar-refractivity contribution is 9.10. The fourth-order valence-electron chi connectivity index (χ4n) is 1.67. The number of hydrogen-bond donors (Lipinski definition) is 0. The molecule has 2 rings (SSSR count). The summed E-state index contributed by atoms with van der Waals surface area (Å²) in [5, 5.41) is 0.678. The third-order valence-electron chi connectivity index (χ3n) is 2.48. The van der Waals surface area contributed by atoms with Gasteiger partial charge < -0.3 is 4.57 Å². The summed E-state index contributed by atoms with van der Waals surface area (Å²) in [4.78, 5) is 11.9. The van der Waals surface area contributed by atoms with Gasteiger partial charge in [0, 0.05) is 11.2 Å². The molecule has 1 aromatic carbocycles. The Bertz CT molecular complexity index is 607. The Balaban J connectivity index is 2.44. The predicted molar refractivity (Wildman–Crippen MR) is 73.7 cm³/mol. The minimum absolute atomic E-state index is 0.0458. The van der Waals surface area contributed by atoms with E-state index < -0.39 is 0 Å². The van der Waals surface area contributed by atoms with Gasteiger partial charge in [-0.2, -0.15) is 0 Å². The van der Waals surface area contributed by atoms with Crippen LogP contribution in [0.4, 0.5) is 0 Å². The van der Waals surface area contributed by atoms with Crippen LogP contribution in [0.2, 0.25) is 5.02 Å². The smallest absolute Gasteiger partial charge is 0.265 e. The summed E-state index contributed by atoms with van der Waals surface area (Å²) in [5.74, 6) is 0. The molecule has 0 unspecified atom stereocenters. The molecule has 0 aliphatic carbocycles. The second kappa shape index (κ2) is 5.07. The van der Waals surface area contributed by atoms with Crippen LogP contribution in [-0.4, -0.2) is 4.57 Å². The lowest BCUT2D eigenvalue weighted by atomic mass is 10.2. The Morgan fingerprint density at radius 2 is 2.06 bits per heavy atom. The standard InChI is InChI=1S/C13H11BrClNO/c1-9-6-11(14)13(17)16(7-9)8-10-4-2-3-5-12(10)15/h2-7H,8H2,1H3. The van der Waals surface area contributed by atoms with Gasteiger partial charge in [-0.15, -0.1) is 0 Å². The number of nitrogens with zero attached hydrogens (tertiary/aromatic N) is 1. The van der Waals surface area contributed by atoms with Gasteiger partial charge in [-0.3, -0.25) is 4.79 Å². The zero-order valence-electron chi connectivity index (χ0n) is 9.28. The maximum atomic E-state index is 11.9. The highest BCUT2D eigenvalue weighted by Crippen LogP contribution is 2.16. The molecule has 0 atom stereocenters. The molecule has 0 spiro atoms. The maximum absolute atomic E-state index is 11.9. The van der Waals surface area contributed by atoms with Crippen LogP contribution in [0, 0.1) is 6.92 Å². The van der Waals surface area contributed by atoms with Gasteiger partial charge in [0.1, 0.15) is 0 Å². The first kappa shape index (κ1) is 12.4. The van der Waals surface area contributed by atoms with Crippen molar-refractivity contribution in [1.82, 2.24) is 4.57 Å². The van der Waals surface area contributed by atoms with Crippen LogP contribution >= 0.6 is 27.5 Å². The van der Waals surface area contributed by atoms with Crippen molar-refractivity contribution in [2.75, 3.05) is 0 Å². The molecule has 0 radical (unpaired) electrons. The van der Waals surface area contributed by atoms with Crippen LogP contribution in [0.3, 0.4) is 0 Å². The van der Waals surface area contributed by atoms with Crippen LogP contribution in [0.1, 0.15) is 11.1 Å². The number of rotatable bonds is 2. The molecule has 2 aromatic rings. The topological polar surface area (TPSA) is 22.0 Å². The van der Waals surface area contributed by atoms with Crippen molar-refractivity contribution in [2.24, 2.45) is 0 Å². The largest absolute Gasteiger partial charge is 0.310 e. The van der Waals surface area contributed by atoms with E-state index in [1.807, 2.05) is 43.5 Å². The van der Waals surface area contributed by atoms with E-state index in [1.165, 1.54) is 0 Å². The first-order chi connectivity index (χ1) is 8.08. The average molecular weight is 313 g/mol. The summed E-state index contributed by atoms with van der Waals surface area (Å²) in [5.41, 5.74) is 1.92. The SMILES string of the molecule is Cc1cc(Br)c(=O)n(Cc2ccccc2Cl)c1. The molecule has 0 amide bonds. The van der Waals surface area contributed by atoms with E-state index in [9.17, 15) is 4.79 Å². The number of aromatic nitrogens is 1. The summed E-state index contributed by atoms with van der Waals surface area (Å²) in [6.07, 6.45) is 1.83. The van der Waals surface area contributed by atoms with Gasteiger partial charge in [-0.25, -0.2) is 0 Å². The molecule has 1 heterocycles. The Kier molecular flexibility index (Phi) is 3.69. The molecule has 88 valence electrons. The molecule has 2 nitrogen and oxygen atoms in total. The zero-order chi connectivity index (χ0) is 12.4. The van der Waals surface area contributed by atoms with Gasteiger partial charge in [0.15, 0.2) is 0 Å². The molecular formula is C13H11BrClNO. The van der Waals surface area contributed by atoms with E-state index in [2.05, 4.69) is 15.9 Å². The molecule has 0 aliphatic heterocycles. The van der Waals surface area contributed by atoms with Crippen molar-refractivity contribution in [1.29, 1.82) is 0 Å². The molecule has 0 aliphatic rings. The fourth-order valence-corrected chi connectivity index (χ4v) is 2.45. The molecule has 1 aromatic heterocycles. The zero-order valence-corrected chi connectivity index (χ0v) is 11.6. The van der Waals surface area contributed by atoms with Gasteiger partial charge in [-0.1, -0.05) is 29.8 Å². The minimum Gasteiger partial charge on any atom is -0.310 e. The van der Waals surface area contributed by atoms with Gasteiger partial charge >= 0.3 is 0 Å². The first-order valence-electron chi connectivity index (χ1n) is 5.18. The summed E-state index contributed by atoms with van der Waals surface area (Å²) in [6.45, 7) is 2.44. The molecule has 0 saturated heterocycles. The van der Waals surface area contributed by atoms with Crippen LogP contribution in [-0.2, 0) is 6.54 Å². The molecule has 0 saturated carbocycles. The van der Waals surface area contributed by atoms with E-state index in [-0.39, 0.29) is 5.56 Å². The lowest BCUT2D eigenvalue weighted by molar-refractivity contribution is 0.750. The van der Waals surface area contributed by atoms with Gasteiger partial charge in [0.2, 0.25) is 0 Å².